The molecule has 0 amide bonds. The Morgan fingerprint density at radius 3 is 2.92 bits per heavy atom. The molecule has 0 aliphatic carbocycles. The molecular weight excluding hydrogens is 284 g/mol. The second-order valence-corrected chi connectivity index (χ2v) is 4.19. The molecule has 0 N–H and O–H groups in total. The predicted octanol–water partition coefficient (Wildman–Crippen LogP) is 3.17. The second kappa shape index (κ2) is 2.85. The minimum absolute atomic E-state index is 0.946. The van der Waals surface area contributed by atoms with E-state index in [0.717, 1.165) is 14.7 Å². The van der Waals surface area contributed by atoms with Gasteiger partial charge >= 0.3 is 0 Å². The molecular formula is C8H6Br2N2. The minimum Gasteiger partial charge on any atom is -0.293 e. The minimum atomic E-state index is 0.946. The highest BCUT2D eigenvalue weighted by Crippen LogP contribution is 2.23. The van der Waals surface area contributed by atoms with E-state index < -0.39 is 0 Å². The summed E-state index contributed by atoms with van der Waals surface area (Å²) in [7, 11) is 0. The van der Waals surface area contributed by atoms with Gasteiger partial charge in [0.25, 0.3) is 0 Å². The van der Waals surface area contributed by atoms with E-state index in [9.17, 15) is 0 Å². The van der Waals surface area contributed by atoms with Gasteiger partial charge in [0.05, 0.1) is 10.7 Å². The zero-order valence-corrected chi connectivity index (χ0v) is 9.55. The molecule has 0 bridgehead atoms. The van der Waals surface area contributed by atoms with Crippen LogP contribution < -0.4 is 0 Å². The molecule has 12 heavy (non-hydrogen) atoms. The van der Waals surface area contributed by atoms with E-state index in [1.807, 2.05) is 23.6 Å². The van der Waals surface area contributed by atoms with Gasteiger partial charge in [-0.1, -0.05) is 0 Å². The molecule has 0 unspecified atom stereocenters. The highest BCUT2D eigenvalue weighted by molar-refractivity contribution is 9.11. The van der Waals surface area contributed by atoms with Crippen molar-refractivity contribution in [2.45, 2.75) is 6.92 Å². The number of pyridine rings is 1. The maximum atomic E-state index is 4.25. The van der Waals surface area contributed by atoms with Gasteiger partial charge in [-0.25, -0.2) is 4.98 Å². The Labute approximate surface area is 86.9 Å². The molecule has 4 heteroatoms. The Morgan fingerprint density at radius 2 is 2.17 bits per heavy atom. The Hall–Kier alpha value is -0.350. The number of fused-ring (bicyclic) bond motifs is 1. The van der Waals surface area contributed by atoms with E-state index in [2.05, 4.69) is 36.8 Å². The maximum Gasteiger partial charge on any atom is 0.152 e. The van der Waals surface area contributed by atoms with Crippen molar-refractivity contribution >= 4 is 37.5 Å². The van der Waals surface area contributed by atoms with Crippen LogP contribution in [0.2, 0.25) is 0 Å². The van der Waals surface area contributed by atoms with Crippen LogP contribution in [0, 0.1) is 6.92 Å². The zero-order valence-electron chi connectivity index (χ0n) is 6.38. The smallest absolute Gasteiger partial charge is 0.152 e. The van der Waals surface area contributed by atoms with Gasteiger partial charge in [-0.2, -0.15) is 0 Å². The fraction of sp³-hybridized carbons (Fsp3) is 0.125. The van der Waals surface area contributed by atoms with E-state index in [1.54, 1.807) is 6.20 Å². The fourth-order valence-electron chi connectivity index (χ4n) is 1.08. The van der Waals surface area contributed by atoms with Crippen LogP contribution in [0.4, 0.5) is 0 Å². The van der Waals surface area contributed by atoms with Crippen molar-refractivity contribution in [3.05, 3.63) is 33.1 Å². The molecule has 0 atom stereocenters. The molecule has 0 saturated carbocycles. The van der Waals surface area contributed by atoms with Gasteiger partial charge < -0.3 is 0 Å². The largest absolute Gasteiger partial charge is 0.293 e. The third kappa shape index (κ3) is 1.10. The van der Waals surface area contributed by atoms with Gasteiger partial charge in [-0.3, -0.25) is 4.40 Å². The molecule has 2 aromatic rings. The Kier molecular flexibility index (Phi) is 1.96. The average molecular weight is 290 g/mol. The van der Waals surface area contributed by atoms with Crippen molar-refractivity contribution in [1.82, 2.24) is 9.38 Å². The number of hydrogen-bond donors (Lipinski definition) is 0. The average Bonchev–Trinajstić information content (AvgIpc) is 2.41. The number of aryl methyl sites for hydroxylation is 1. The van der Waals surface area contributed by atoms with Crippen LogP contribution >= 0.6 is 31.9 Å². The van der Waals surface area contributed by atoms with Crippen LogP contribution in [0.1, 0.15) is 5.56 Å². The highest BCUT2D eigenvalue weighted by Gasteiger charge is 2.04. The summed E-state index contributed by atoms with van der Waals surface area (Å²) in [6, 6.07) is 2.05. The van der Waals surface area contributed by atoms with E-state index in [4.69, 9.17) is 0 Å². The lowest BCUT2D eigenvalue weighted by Crippen LogP contribution is -1.87. The van der Waals surface area contributed by atoms with Crippen molar-refractivity contribution in [3.63, 3.8) is 0 Å². The van der Waals surface area contributed by atoms with Gasteiger partial charge in [0.15, 0.2) is 5.65 Å². The Morgan fingerprint density at radius 1 is 1.42 bits per heavy atom. The molecule has 2 heterocycles. The van der Waals surface area contributed by atoms with Gasteiger partial charge in [0.1, 0.15) is 4.60 Å². The van der Waals surface area contributed by atoms with Gasteiger partial charge in [0, 0.05) is 6.20 Å². The summed E-state index contributed by atoms with van der Waals surface area (Å²) in [5.41, 5.74) is 2.14. The summed E-state index contributed by atoms with van der Waals surface area (Å²) in [6.45, 7) is 2.05. The molecule has 0 saturated heterocycles. The maximum absolute atomic E-state index is 4.25. The lowest BCUT2D eigenvalue weighted by molar-refractivity contribution is 1.13. The summed E-state index contributed by atoms with van der Waals surface area (Å²) in [5, 5.41) is 0. The van der Waals surface area contributed by atoms with E-state index in [-0.39, 0.29) is 0 Å². The SMILES string of the molecule is Cc1ccn2c(Br)cnc2c1Br. The van der Waals surface area contributed by atoms with E-state index in [1.165, 1.54) is 5.56 Å². The summed E-state index contributed by atoms with van der Waals surface area (Å²) in [6.07, 6.45) is 3.78. The van der Waals surface area contributed by atoms with Crippen molar-refractivity contribution in [1.29, 1.82) is 0 Å². The molecule has 0 aromatic carbocycles. The summed E-state index contributed by atoms with van der Waals surface area (Å²) in [4.78, 5) is 4.25. The van der Waals surface area contributed by atoms with Crippen molar-refractivity contribution < 1.29 is 0 Å². The number of nitrogens with zero attached hydrogens (tertiary/aromatic N) is 2. The molecule has 2 rings (SSSR count). The first-order valence-electron chi connectivity index (χ1n) is 3.48. The number of rotatable bonds is 0. The fourth-order valence-corrected chi connectivity index (χ4v) is 1.89. The van der Waals surface area contributed by atoms with Crippen LogP contribution in [0.25, 0.3) is 5.65 Å². The Bertz CT molecular complexity index is 434. The van der Waals surface area contributed by atoms with Crippen LogP contribution in [0.15, 0.2) is 27.5 Å². The summed E-state index contributed by atoms with van der Waals surface area (Å²) >= 11 is 6.90. The van der Waals surface area contributed by atoms with Crippen LogP contribution in [-0.4, -0.2) is 9.38 Å². The van der Waals surface area contributed by atoms with Crippen LogP contribution in [0.5, 0.6) is 0 Å². The molecule has 0 radical (unpaired) electrons. The number of imidazole rings is 1. The molecule has 0 spiro atoms. The summed E-state index contributed by atoms with van der Waals surface area (Å²) < 4.78 is 4.01. The van der Waals surface area contributed by atoms with Gasteiger partial charge in [-0.15, -0.1) is 0 Å². The van der Waals surface area contributed by atoms with Gasteiger partial charge in [0.2, 0.25) is 0 Å². The lowest BCUT2D eigenvalue weighted by atomic mass is 10.3. The molecule has 0 aliphatic heterocycles. The third-order valence-corrected chi connectivity index (χ3v) is 3.33. The first-order valence-corrected chi connectivity index (χ1v) is 5.06. The number of halogens is 2. The first kappa shape index (κ1) is 8.26. The topological polar surface area (TPSA) is 17.3 Å². The Balaban J connectivity index is 2.93. The quantitative estimate of drug-likeness (QED) is 0.728. The monoisotopic (exact) mass is 288 g/mol. The van der Waals surface area contributed by atoms with Crippen LogP contribution in [-0.2, 0) is 0 Å². The van der Waals surface area contributed by atoms with Crippen molar-refractivity contribution in [3.8, 4) is 0 Å². The van der Waals surface area contributed by atoms with Crippen molar-refractivity contribution in [2.75, 3.05) is 0 Å². The molecule has 62 valence electrons. The third-order valence-electron chi connectivity index (χ3n) is 1.77. The predicted molar refractivity (Wildman–Crippen MR) is 55.3 cm³/mol. The second-order valence-electron chi connectivity index (χ2n) is 2.59. The molecule has 0 fully saturated rings. The number of aromatic nitrogens is 2. The summed E-state index contributed by atoms with van der Waals surface area (Å²) in [5.74, 6) is 0. The van der Waals surface area contributed by atoms with Crippen molar-refractivity contribution in [2.24, 2.45) is 0 Å². The van der Waals surface area contributed by atoms with Crippen LogP contribution in [0.3, 0.4) is 0 Å². The first-order chi connectivity index (χ1) is 5.70. The lowest BCUT2D eigenvalue weighted by Gasteiger charge is -2.00. The molecule has 0 aliphatic rings. The van der Waals surface area contributed by atoms with E-state index in [0.29, 0.717) is 0 Å². The van der Waals surface area contributed by atoms with Gasteiger partial charge in [-0.05, 0) is 50.4 Å². The molecule has 2 aromatic heterocycles. The molecule has 2 nitrogen and oxygen atoms in total. The zero-order chi connectivity index (χ0) is 8.72. The van der Waals surface area contributed by atoms with E-state index >= 15 is 0 Å². The highest BCUT2D eigenvalue weighted by atomic mass is 79.9. The number of hydrogen-bond acceptors (Lipinski definition) is 1. The normalized spacial score (nSPS) is 10.9. The standard InChI is InChI=1S/C8H6Br2N2/c1-5-2-3-12-6(9)4-11-8(12)7(5)10/h2-4H,1H3.